The zero-order valence-corrected chi connectivity index (χ0v) is 17.8. The van der Waals surface area contributed by atoms with Crippen molar-refractivity contribution in [3.63, 3.8) is 0 Å². The second kappa shape index (κ2) is 8.33. The summed E-state index contributed by atoms with van der Waals surface area (Å²) >= 11 is 18.1. The number of hydrogen-bond donors (Lipinski definition) is 0. The van der Waals surface area contributed by atoms with Gasteiger partial charge in [-0.2, -0.15) is 4.99 Å². The van der Waals surface area contributed by atoms with E-state index in [2.05, 4.69) is 20.9 Å². The van der Waals surface area contributed by atoms with Gasteiger partial charge in [-0.25, -0.2) is 0 Å². The van der Waals surface area contributed by atoms with Gasteiger partial charge in [0.2, 0.25) is 0 Å². The van der Waals surface area contributed by atoms with Gasteiger partial charge in [0.1, 0.15) is 4.34 Å². The first-order valence-electron chi connectivity index (χ1n) is 7.40. The van der Waals surface area contributed by atoms with Crippen molar-refractivity contribution in [1.29, 1.82) is 0 Å². The Balaban J connectivity index is 2.08. The number of thiophene rings is 1. The Labute approximate surface area is 170 Å². The fraction of sp³-hybridized carbons (Fsp3) is 0.250. The molecule has 0 aliphatic heterocycles. The van der Waals surface area contributed by atoms with Crippen molar-refractivity contribution in [3.05, 3.63) is 47.8 Å². The normalized spacial score (nSPS) is 12.2. The molecular formula is C16H13BrCl2N2O2S2. The van der Waals surface area contributed by atoms with E-state index in [1.807, 2.05) is 29.7 Å². The largest absolute Gasteiger partial charge is 0.380 e. The molecule has 0 atom stereocenters. The number of ether oxygens (including phenoxy) is 1. The summed E-state index contributed by atoms with van der Waals surface area (Å²) in [5.41, 5.74) is 1.33. The molecular weight excluding hydrogens is 467 g/mol. The standard InChI is InChI=1S/C16H13BrCl2N2O2S2/c1-2-23-6-5-21-11-4-3-9(17)7-12(11)24-16(21)20-15(22)10-8-13(18)25-14(10)19/h3-4,7-8H,2,5-6H2,1H3. The molecule has 2 aromatic heterocycles. The summed E-state index contributed by atoms with van der Waals surface area (Å²) in [7, 11) is 0. The molecule has 3 rings (SSSR count). The molecule has 25 heavy (non-hydrogen) atoms. The van der Waals surface area contributed by atoms with Gasteiger partial charge in [-0.15, -0.1) is 11.3 Å². The van der Waals surface area contributed by atoms with E-state index in [1.54, 1.807) is 6.07 Å². The van der Waals surface area contributed by atoms with Crippen LogP contribution in [0.25, 0.3) is 10.2 Å². The second-order valence-corrected chi connectivity index (χ2v) is 9.21. The van der Waals surface area contributed by atoms with Gasteiger partial charge in [-0.3, -0.25) is 4.79 Å². The van der Waals surface area contributed by atoms with Gasteiger partial charge in [0, 0.05) is 17.6 Å². The van der Waals surface area contributed by atoms with Gasteiger partial charge < -0.3 is 9.30 Å². The highest BCUT2D eigenvalue weighted by Gasteiger charge is 2.15. The molecule has 0 saturated heterocycles. The van der Waals surface area contributed by atoms with Crippen LogP contribution in [-0.2, 0) is 11.3 Å². The maximum atomic E-state index is 12.5. The van der Waals surface area contributed by atoms with Crippen molar-refractivity contribution in [2.24, 2.45) is 4.99 Å². The van der Waals surface area contributed by atoms with Crippen molar-refractivity contribution in [2.45, 2.75) is 13.5 Å². The molecule has 0 N–H and O–H groups in total. The Hall–Kier alpha value is -0.700. The van der Waals surface area contributed by atoms with Crippen LogP contribution in [0.1, 0.15) is 17.3 Å². The van der Waals surface area contributed by atoms with Crippen LogP contribution in [0.4, 0.5) is 0 Å². The van der Waals surface area contributed by atoms with E-state index >= 15 is 0 Å². The van der Waals surface area contributed by atoms with Crippen LogP contribution in [-0.4, -0.2) is 23.7 Å². The molecule has 9 heteroatoms. The highest BCUT2D eigenvalue weighted by atomic mass is 79.9. The predicted molar refractivity (Wildman–Crippen MR) is 108 cm³/mol. The minimum atomic E-state index is -0.399. The highest BCUT2D eigenvalue weighted by Crippen LogP contribution is 2.31. The summed E-state index contributed by atoms with van der Waals surface area (Å²) in [6.45, 7) is 3.75. The Bertz CT molecular complexity index is 994. The lowest BCUT2D eigenvalue weighted by atomic mass is 10.3. The lowest BCUT2D eigenvalue weighted by molar-refractivity contribution is 0.0997. The van der Waals surface area contributed by atoms with Crippen LogP contribution in [0.15, 0.2) is 33.7 Å². The summed E-state index contributed by atoms with van der Waals surface area (Å²) in [5, 5.41) is 0. The Morgan fingerprint density at radius 1 is 1.32 bits per heavy atom. The van der Waals surface area contributed by atoms with Gasteiger partial charge in [0.15, 0.2) is 4.80 Å². The topological polar surface area (TPSA) is 43.6 Å². The van der Waals surface area contributed by atoms with Crippen LogP contribution in [0.2, 0.25) is 8.67 Å². The molecule has 1 aromatic carbocycles. The van der Waals surface area contributed by atoms with Crippen molar-refractivity contribution >= 4 is 77.9 Å². The lowest BCUT2D eigenvalue weighted by Gasteiger charge is -2.05. The Morgan fingerprint density at radius 3 is 2.80 bits per heavy atom. The molecule has 132 valence electrons. The summed E-state index contributed by atoms with van der Waals surface area (Å²) in [4.78, 5) is 17.4. The number of benzene rings is 1. The van der Waals surface area contributed by atoms with E-state index in [1.165, 1.54) is 11.3 Å². The van der Waals surface area contributed by atoms with Gasteiger partial charge in [-0.05, 0) is 31.2 Å². The van der Waals surface area contributed by atoms with Gasteiger partial charge in [0.25, 0.3) is 5.91 Å². The number of carbonyl (C=O) groups is 1. The lowest BCUT2D eigenvalue weighted by Crippen LogP contribution is -2.19. The molecule has 3 aromatic rings. The van der Waals surface area contributed by atoms with Gasteiger partial charge in [0.05, 0.1) is 26.7 Å². The van der Waals surface area contributed by atoms with Crippen LogP contribution in [0, 0.1) is 0 Å². The fourth-order valence-corrected chi connectivity index (χ4v) is 5.34. The minimum absolute atomic E-state index is 0.326. The van der Waals surface area contributed by atoms with E-state index in [0.29, 0.717) is 38.8 Å². The van der Waals surface area contributed by atoms with E-state index in [4.69, 9.17) is 27.9 Å². The van der Waals surface area contributed by atoms with Crippen molar-refractivity contribution in [3.8, 4) is 0 Å². The number of nitrogens with zero attached hydrogens (tertiary/aromatic N) is 2. The number of carbonyl (C=O) groups excluding carboxylic acids is 1. The molecule has 0 aliphatic carbocycles. The molecule has 0 bridgehead atoms. The van der Waals surface area contributed by atoms with E-state index < -0.39 is 5.91 Å². The van der Waals surface area contributed by atoms with Gasteiger partial charge in [-0.1, -0.05) is 50.5 Å². The van der Waals surface area contributed by atoms with Crippen LogP contribution < -0.4 is 4.80 Å². The number of thiazole rings is 1. The average Bonchev–Trinajstić information content (AvgIpc) is 3.07. The minimum Gasteiger partial charge on any atom is -0.380 e. The van der Waals surface area contributed by atoms with Crippen molar-refractivity contribution in [2.75, 3.05) is 13.2 Å². The molecule has 0 saturated carbocycles. The molecule has 0 spiro atoms. The molecule has 1 amide bonds. The van der Waals surface area contributed by atoms with Crippen LogP contribution >= 0.6 is 61.8 Å². The smallest absolute Gasteiger partial charge is 0.282 e. The number of amides is 1. The van der Waals surface area contributed by atoms with E-state index in [0.717, 1.165) is 26.0 Å². The van der Waals surface area contributed by atoms with Crippen LogP contribution in [0.3, 0.4) is 0 Å². The van der Waals surface area contributed by atoms with Crippen LogP contribution in [0.5, 0.6) is 0 Å². The number of fused-ring (bicyclic) bond motifs is 1. The number of hydrogen-bond acceptors (Lipinski definition) is 4. The molecule has 4 nitrogen and oxygen atoms in total. The van der Waals surface area contributed by atoms with Gasteiger partial charge >= 0.3 is 0 Å². The summed E-state index contributed by atoms with van der Waals surface area (Å²) in [6, 6.07) is 7.52. The van der Waals surface area contributed by atoms with E-state index in [9.17, 15) is 4.79 Å². The highest BCUT2D eigenvalue weighted by molar-refractivity contribution is 9.10. The Kier molecular flexibility index (Phi) is 6.35. The zero-order valence-electron chi connectivity index (χ0n) is 13.1. The first-order valence-corrected chi connectivity index (χ1v) is 10.6. The number of rotatable bonds is 5. The summed E-state index contributed by atoms with van der Waals surface area (Å²) < 4.78 is 10.3. The average molecular weight is 480 g/mol. The van der Waals surface area contributed by atoms with Crippen molar-refractivity contribution in [1.82, 2.24) is 4.57 Å². The maximum Gasteiger partial charge on any atom is 0.282 e. The third kappa shape index (κ3) is 4.35. The summed E-state index contributed by atoms with van der Waals surface area (Å²) in [5.74, 6) is -0.399. The quantitative estimate of drug-likeness (QED) is 0.446. The monoisotopic (exact) mass is 478 g/mol. The Morgan fingerprint density at radius 2 is 2.12 bits per heavy atom. The SMILES string of the molecule is CCOCCn1c(=NC(=O)c2cc(Cl)sc2Cl)sc2cc(Br)ccc21. The fourth-order valence-electron chi connectivity index (χ4n) is 2.28. The second-order valence-electron chi connectivity index (χ2n) is 5.00. The first-order chi connectivity index (χ1) is 12.0. The van der Waals surface area contributed by atoms with E-state index in [-0.39, 0.29) is 0 Å². The number of aromatic nitrogens is 1. The maximum absolute atomic E-state index is 12.5. The third-order valence-electron chi connectivity index (χ3n) is 3.39. The predicted octanol–water partition coefficient (Wildman–Crippen LogP) is 5.61. The zero-order chi connectivity index (χ0) is 18.0. The summed E-state index contributed by atoms with van der Waals surface area (Å²) in [6.07, 6.45) is 0. The molecule has 0 unspecified atom stereocenters. The molecule has 0 aliphatic rings. The third-order valence-corrected chi connectivity index (χ3v) is 6.41. The van der Waals surface area contributed by atoms with Crippen molar-refractivity contribution < 1.29 is 9.53 Å². The molecule has 2 heterocycles. The molecule has 0 fully saturated rings. The number of halogens is 3. The molecule has 0 radical (unpaired) electrons. The first kappa shape index (κ1) is 19.1.